The minimum atomic E-state index is -1.65. The van der Waals surface area contributed by atoms with E-state index in [0.29, 0.717) is 11.5 Å². The highest BCUT2D eigenvalue weighted by atomic mass is 16.7. The molecule has 0 saturated heterocycles. The van der Waals surface area contributed by atoms with Gasteiger partial charge in [-0.15, -0.1) is 0 Å². The molecule has 0 N–H and O–H groups in total. The van der Waals surface area contributed by atoms with Crippen LogP contribution in [-0.2, 0) is 36.6 Å². The molecule has 0 fully saturated rings. The van der Waals surface area contributed by atoms with Crippen molar-refractivity contribution in [2.75, 3.05) is 40.6 Å². The van der Waals surface area contributed by atoms with Gasteiger partial charge in [-0.2, -0.15) is 0 Å². The SMILES string of the molecule is CCOC(Cc1ccccc1OC)(OCC)C(=O)C(Cc1ccccc1OC)(OCC)OCC. The van der Waals surface area contributed by atoms with E-state index >= 15 is 0 Å². The first kappa shape index (κ1) is 27.8. The average Bonchev–Trinajstić information content (AvgIpc) is 2.84. The lowest BCUT2D eigenvalue weighted by Gasteiger charge is -2.41. The number of para-hydroxylation sites is 2. The lowest BCUT2D eigenvalue weighted by atomic mass is 9.90. The standard InChI is InChI=1S/C27H38O7/c1-7-31-26(32-8-2,19-21-15-11-13-17-23(21)29-5)25(28)27(33-9-3,34-10-4)20-22-16-12-14-18-24(22)30-6/h11-18H,7-10,19-20H2,1-6H3. The van der Waals surface area contributed by atoms with Crippen LogP contribution in [0.2, 0.25) is 0 Å². The molecule has 0 aliphatic rings. The van der Waals surface area contributed by atoms with Gasteiger partial charge in [0, 0.05) is 39.3 Å². The molecule has 0 radical (unpaired) electrons. The van der Waals surface area contributed by atoms with E-state index in [4.69, 9.17) is 28.4 Å². The zero-order chi connectivity index (χ0) is 25.0. The zero-order valence-corrected chi connectivity index (χ0v) is 21.2. The molecule has 0 heterocycles. The van der Waals surface area contributed by atoms with Gasteiger partial charge >= 0.3 is 0 Å². The smallest absolute Gasteiger partial charge is 0.251 e. The average molecular weight is 475 g/mol. The highest BCUT2D eigenvalue weighted by Crippen LogP contribution is 2.35. The molecule has 0 unspecified atom stereocenters. The van der Waals surface area contributed by atoms with Gasteiger partial charge in [0.05, 0.1) is 14.2 Å². The summed E-state index contributed by atoms with van der Waals surface area (Å²) in [6.07, 6.45) is 0.261. The first-order valence-corrected chi connectivity index (χ1v) is 11.8. The Morgan fingerprint density at radius 3 is 1.24 bits per heavy atom. The van der Waals surface area contributed by atoms with Gasteiger partial charge in [0.2, 0.25) is 11.6 Å². The van der Waals surface area contributed by atoms with Crippen LogP contribution >= 0.6 is 0 Å². The molecule has 0 aromatic heterocycles. The van der Waals surface area contributed by atoms with E-state index in [1.807, 2.05) is 76.2 Å². The van der Waals surface area contributed by atoms with Crippen molar-refractivity contribution in [3.05, 3.63) is 59.7 Å². The van der Waals surface area contributed by atoms with Gasteiger partial charge in [-0.1, -0.05) is 36.4 Å². The number of methoxy groups -OCH3 is 2. The van der Waals surface area contributed by atoms with E-state index < -0.39 is 17.4 Å². The molecule has 34 heavy (non-hydrogen) atoms. The lowest BCUT2D eigenvalue weighted by Crippen LogP contribution is -2.60. The van der Waals surface area contributed by atoms with Gasteiger partial charge in [-0.05, 0) is 51.0 Å². The van der Waals surface area contributed by atoms with Crippen molar-refractivity contribution < 1.29 is 33.2 Å². The monoisotopic (exact) mass is 474 g/mol. The molecule has 2 rings (SSSR count). The number of carbonyl (C=O) groups excluding carboxylic acids is 1. The minimum Gasteiger partial charge on any atom is -0.496 e. The molecule has 0 atom stereocenters. The number of ether oxygens (including phenoxy) is 6. The Bertz CT molecular complexity index is 813. The van der Waals surface area contributed by atoms with E-state index in [2.05, 4.69) is 0 Å². The summed E-state index contributed by atoms with van der Waals surface area (Å²) < 4.78 is 35.5. The third kappa shape index (κ3) is 6.36. The van der Waals surface area contributed by atoms with Crippen molar-refractivity contribution in [1.29, 1.82) is 0 Å². The predicted octanol–water partition coefficient (Wildman–Crippen LogP) is 4.60. The normalized spacial score (nSPS) is 11.9. The molecular weight excluding hydrogens is 436 g/mol. The van der Waals surface area contributed by atoms with Crippen molar-refractivity contribution in [2.24, 2.45) is 0 Å². The minimum absolute atomic E-state index is 0.130. The van der Waals surface area contributed by atoms with Crippen LogP contribution in [0.5, 0.6) is 11.5 Å². The van der Waals surface area contributed by atoms with Crippen LogP contribution in [0, 0.1) is 0 Å². The highest BCUT2D eigenvalue weighted by molar-refractivity contribution is 5.93. The number of benzene rings is 2. The Morgan fingerprint density at radius 1 is 0.618 bits per heavy atom. The second kappa shape index (κ2) is 13.4. The van der Waals surface area contributed by atoms with Crippen LogP contribution in [0.3, 0.4) is 0 Å². The Hall–Kier alpha value is -2.45. The number of hydrogen-bond acceptors (Lipinski definition) is 7. The third-order valence-electron chi connectivity index (χ3n) is 5.43. The molecule has 2 aromatic rings. The fraction of sp³-hybridized carbons (Fsp3) is 0.519. The van der Waals surface area contributed by atoms with Gasteiger partial charge in [0.15, 0.2) is 0 Å². The van der Waals surface area contributed by atoms with Crippen molar-refractivity contribution in [2.45, 2.75) is 52.1 Å². The maximum absolute atomic E-state index is 14.5. The van der Waals surface area contributed by atoms with E-state index in [1.165, 1.54) is 0 Å². The lowest BCUT2D eigenvalue weighted by molar-refractivity contribution is -0.276. The van der Waals surface area contributed by atoms with Crippen molar-refractivity contribution >= 4 is 5.78 Å². The summed E-state index contributed by atoms with van der Waals surface area (Å²) in [5.74, 6) is -2.46. The van der Waals surface area contributed by atoms with Crippen LogP contribution in [0.4, 0.5) is 0 Å². The summed E-state index contributed by atoms with van der Waals surface area (Å²) in [6, 6.07) is 15.0. The number of rotatable bonds is 16. The van der Waals surface area contributed by atoms with Crippen molar-refractivity contribution in [1.82, 2.24) is 0 Å². The van der Waals surface area contributed by atoms with E-state index in [9.17, 15) is 4.79 Å². The molecule has 7 heteroatoms. The number of ketones is 1. The maximum Gasteiger partial charge on any atom is 0.251 e. The molecule has 0 saturated carbocycles. The molecule has 0 bridgehead atoms. The topological polar surface area (TPSA) is 72.5 Å². The second-order valence-electron chi connectivity index (χ2n) is 7.54. The van der Waals surface area contributed by atoms with Gasteiger partial charge in [0.1, 0.15) is 11.5 Å². The van der Waals surface area contributed by atoms with Crippen LogP contribution in [0.15, 0.2) is 48.5 Å². The molecule has 0 spiro atoms. The Kier molecular flexibility index (Phi) is 11.0. The molecule has 0 amide bonds. The largest absolute Gasteiger partial charge is 0.496 e. The zero-order valence-electron chi connectivity index (χ0n) is 21.2. The van der Waals surface area contributed by atoms with E-state index in [-0.39, 0.29) is 39.3 Å². The molecule has 7 nitrogen and oxygen atoms in total. The summed E-state index contributed by atoms with van der Waals surface area (Å²) in [6.45, 7) is 8.32. The Balaban J connectivity index is 2.64. The molecular formula is C27H38O7. The summed E-state index contributed by atoms with van der Waals surface area (Å²) >= 11 is 0. The molecule has 0 aliphatic heterocycles. The Labute approximate surface area is 203 Å². The number of Topliss-reactive ketones (excluding diaryl/α,β-unsaturated/α-hetero) is 1. The summed E-state index contributed by atoms with van der Waals surface area (Å²) in [4.78, 5) is 14.5. The Morgan fingerprint density at radius 2 is 0.941 bits per heavy atom. The van der Waals surface area contributed by atoms with Gasteiger partial charge in [-0.25, -0.2) is 0 Å². The van der Waals surface area contributed by atoms with Crippen LogP contribution in [0.1, 0.15) is 38.8 Å². The fourth-order valence-corrected chi connectivity index (χ4v) is 4.13. The van der Waals surface area contributed by atoms with Crippen LogP contribution in [0.25, 0.3) is 0 Å². The molecule has 188 valence electrons. The predicted molar refractivity (Wildman–Crippen MR) is 130 cm³/mol. The molecule has 2 aromatic carbocycles. The summed E-state index contributed by atoms with van der Waals surface area (Å²) in [7, 11) is 3.19. The number of carbonyl (C=O) groups is 1. The first-order valence-electron chi connectivity index (χ1n) is 11.8. The van der Waals surface area contributed by atoms with Gasteiger partial charge in [-0.3, -0.25) is 4.79 Å². The van der Waals surface area contributed by atoms with Crippen molar-refractivity contribution in [3.8, 4) is 11.5 Å². The maximum atomic E-state index is 14.5. The first-order chi connectivity index (χ1) is 16.5. The second-order valence-corrected chi connectivity index (χ2v) is 7.54. The highest BCUT2D eigenvalue weighted by Gasteiger charge is 2.55. The van der Waals surface area contributed by atoms with Crippen molar-refractivity contribution in [3.63, 3.8) is 0 Å². The summed E-state index contributed by atoms with van der Waals surface area (Å²) in [5.41, 5.74) is 1.55. The quantitative estimate of drug-likeness (QED) is 0.329. The van der Waals surface area contributed by atoms with Crippen LogP contribution in [-0.4, -0.2) is 58.0 Å². The number of hydrogen-bond donors (Lipinski definition) is 0. The third-order valence-corrected chi connectivity index (χ3v) is 5.43. The fourth-order valence-electron chi connectivity index (χ4n) is 4.13. The summed E-state index contributed by atoms with van der Waals surface area (Å²) in [5, 5.41) is 0. The van der Waals surface area contributed by atoms with E-state index in [0.717, 1.165) is 11.1 Å². The van der Waals surface area contributed by atoms with Gasteiger partial charge in [0.25, 0.3) is 5.78 Å². The van der Waals surface area contributed by atoms with Gasteiger partial charge < -0.3 is 28.4 Å². The van der Waals surface area contributed by atoms with E-state index in [1.54, 1.807) is 14.2 Å². The van der Waals surface area contributed by atoms with Crippen LogP contribution < -0.4 is 9.47 Å². The molecule has 0 aliphatic carbocycles.